The van der Waals surface area contributed by atoms with Crippen LogP contribution >= 0.6 is 11.3 Å². The molecule has 0 nitrogen and oxygen atoms in total. The van der Waals surface area contributed by atoms with Gasteiger partial charge in [0.25, 0.3) is 0 Å². The third kappa shape index (κ3) is 2.61. The molecule has 1 aromatic heterocycles. The lowest BCUT2D eigenvalue weighted by atomic mass is 9.97. The summed E-state index contributed by atoms with van der Waals surface area (Å²) in [6.45, 7) is 2.21. The predicted molar refractivity (Wildman–Crippen MR) is 117 cm³/mol. The van der Waals surface area contributed by atoms with Gasteiger partial charge in [0, 0.05) is 9.58 Å². The second-order valence-corrected chi connectivity index (χ2v) is 7.85. The fraction of sp³-hybridized carbons (Fsp3) is 0.0400. The summed E-state index contributed by atoms with van der Waals surface area (Å²) >= 11 is 1.85. The van der Waals surface area contributed by atoms with Crippen LogP contribution in [0.3, 0.4) is 0 Å². The van der Waals surface area contributed by atoms with Gasteiger partial charge >= 0.3 is 0 Å². The van der Waals surface area contributed by atoms with Crippen LogP contribution in [0, 0.1) is 0 Å². The fourth-order valence-electron chi connectivity index (χ4n) is 3.62. The Balaban J connectivity index is 1.64. The van der Waals surface area contributed by atoms with E-state index >= 15 is 0 Å². The Bertz CT molecular complexity index is 1250. The minimum absolute atomic E-state index is 1.28. The van der Waals surface area contributed by atoms with Gasteiger partial charge in [0.2, 0.25) is 0 Å². The van der Waals surface area contributed by atoms with Crippen molar-refractivity contribution < 1.29 is 0 Å². The number of fused-ring (bicyclic) bond motifs is 4. The molecular formula is C25H18S. The van der Waals surface area contributed by atoms with Crippen LogP contribution in [0.4, 0.5) is 0 Å². The van der Waals surface area contributed by atoms with E-state index in [2.05, 4.69) is 97.9 Å². The van der Waals surface area contributed by atoms with Crippen LogP contribution < -0.4 is 0 Å². The molecule has 1 heterocycles. The molecule has 0 aliphatic rings. The molecule has 4 aromatic carbocycles. The summed E-state index contributed by atoms with van der Waals surface area (Å²) in [5.74, 6) is 0. The molecule has 0 saturated carbocycles. The zero-order valence-electron chi connectivity index (χ0n) is 14.6. The summed E-state index contributed by atoms with van der Waals surface area (Å²) in [5.41, 5.74) is 2.58. The lowest BCUT2D eigenvalue weighted by Crippen LogP contribution is -1.82. The molecule has 1 heteroatoms. The third-order valence-electron chi connectivity index (χ3n) is 5.01. The van der Waals surface area contributed by atoms with E-state index in [9.17, 15) is 0 Å². The number of benzene rings is 4. The van der Waals surface area contributed by atoms with Gasteiger partial charge in [-0.1, -0.05) is 66.7 Å². The van der Waals surface area contributed by atoms with Crippen molar-refractivity contribution in [3.05, 3.63) is 95.4 Å². The molecule has 0 atom stereocenters. The number of allylic oxidation sites excluding steroid dienone is 1. The van der Waals surface area contributed by atoms with Crippen molar-refractivity contribution in [3.63, 3.8) is 0 Å². The lowest BCUT2D eigenvalue weighted by molar-refractivity contribution is 1.63. The molecule has 0 unspecified atom stereocenters. The fourth-order valence-corrected chi connectivity index (χ4v) is 4.68. The van der Waals surface area contributed by atoms with Crippen LogP contribution in [0.2, 0.25) is 0 Å². The van der Waals surface area contributed by atoms with Crippen molar-refractivity contribution in [1.29, 1.82) is 0 Å². The van der Waals surface area contributed by atoms with E-state index in [-0.39, 0.29) is 0 Å². The Morgan fingerprint density at radius 3 is 2.23 bits per heavy atom. The van der Waals surface area contributed by atoms with Gasteiger partial charge in [-0.05, 0) is 69.3 Å². The maximum atomic E-state index is 2.33. The Labute approximate surface area is 157 Å². The van der Waals surface area contributed by atoms with Crippen LogP contribution in [-0.4, -0.2) is 0 Å². The average Bonchev–Trinajstić information content (AvgIpc) is 3.09. The molecule has 0 N–H and O–H groups in total. The minimum Gasteiger partial charge on any atom is -0.136 e. The van der Waals surface area contributed by atoms with Crippen molar-refractivity contribution >= 4 is 54.6 Å². The van der Waals surface area contributed by atoms with Crippen LogP contribution in [0.5, 0.6) is 0 Å². The monoisotopic (exact) mass is 350 g/mol. The molecule has 0 aliphatic heterocycles. The molecule has 0 aliphatic carbocycles. The van der Waals surface area contributed by atoms with Crippen molar-refractivity contribution in [3.8, 4) is 0 Å². The molecule has 26 heavy (non-hydrogen) atoms. The number of hydrogen-bond acceptors (Lipinski definition) is 1. The molecular weight excluding hydrogens is 332 g/mol. The first kappa shape index (κ1) is 15.4. The van der Waals surface area contributed by atoms with Crippen molar-refractivity contribution in [2.75, 3.05) is 0 Å². The SMILES string of the molecule is C/C(=C/c1cc2ccccc2s1)c1ccc2ccc3ccccc3c2c1. The lowest BCUT2D eigenvalue weighted by Gasteiger charge is -2.07. The highest BCUT2D eigenvalue weighted by molar-refractivity contribution is 7.19. The highest BCUT2D eigenvalue weighted by Gasteiger charge is 2.04. The minimum atomic E-state index is 1.28. The zero-order valence-corrected chi connectivity index (χ0v) is 15.4. The Morgan fingerprint density at radius 2 is 1.38 bits per heavy atom. The van der Waals surface area contributed by atoms with Crippen LogP contribution in [0.15, 0.2) is 84.9 Å². The normalized spacial score (nSPS) is 12.3. The topological polar surface area (TPSA) is 0 Å². The largest absolute Gasteiger partial charge is 0.136 e. The van der Waals surface area contributed by atoms with Crippen LogP contribution in [0.1, 0.15) is 17.4 Å². The molecule has 0 spiro atoms. The van der Waals surface area contributed by atoms with Gasteiger partial charge in [-0.25, -0.2) is 0 Å². The van der Waals surface area contributed by atoms with Crippen molar-refractivity contribution in [2.24, 2.45) is 0 Å². The van der Waals surface area contributed by atoms with Crippen molar-refractivity contribution in [2.45, 2.75) is 6.92 Å². The molecule has 0 amide bonds. The van der Waals surface area contributed by atoms with Gasteiger partial charge in [-0.3, -0.25) is 0 Å². The summed E-state index contributed by atoms with van der Waals surface area (Å²) in [6, 6.07) is 30.7. The summed E-state index contributed by atoms with van der Waals surface area (Å²) in [4.78, 5) is 1.31. The second-order valence-electron chi connectivity index (χ2n) is 6.74. The highest BCUT2D eigenvalue weighted by atomic mass is 32.1. The maximum absolute atomic E-state index is 2.33. The van der Waals surface area contributed by atoms with E-state index in [1.165, 1.54) is 47.6 Å². The van der Waals surface area contributed by atoms with Crippen LogP contribution in [-0.2, 0) is 0 Å². The van der Waals surface area contributed by atoms with Gasteiger partial charge in [0.1, 0.15) is 0 Å². The summed E-state index contributed by atoms with van der Waals surface area (Å²) in [5, 5.41) is 6.55. The van der Waals surface area contributed by atoms with E-state index in [0.29, 0.717) is 0 Å². The second kappa shape index (κ2) is 6.12. The summed E-state index contributed by atoms with van der Waals surface area (Å²) in [7, 11) is 0. The first-order valence-corrected chi connectivity index (χ1v) is 9.68. The van der Waals surface area contributed by atoms with E-state index in [1.807, 2.05) is 11.3 Å². The number of thiophene rings is 1. The summed E-state index contributed by atoms with van der Waals surface area (Å²) in [6.07, 6.45) is 2.30. The molecule has 5 rings (SSSR count). The molecule has 0 fully saturated rings. The number of hydrogen-bond donors (Lipinski definition) is 0. The van der Waals surface area contributed by atoms with Gasteiger partial charge < -0.3 is 0 Å². The van der Waals surface area contributed by atoms with Gasteiger partial charge in [-0.15, -0.1) is 11.3 Å². The van der Waals surface area contributed by atoms with E-state index in [4.69, 9.17) is 0 Å². The Kier molecular flexibility index (Phi) is 3.62. The first-order valence-electron chi connectivity index (χ1n) is 8.87. The third-order valence-corrected chi connectivity index (χ3v) is 6.07. The molecule has 124 valence electrons. The van der Waals surface area contributed by atoms with Crippen molar-refractivity contribution in [1.82, 2.24) is 0 Å². The van der Waals surface area contributed by atoms with E-state index in [0.717, 1.165) is 0 Å². The van der Waals surface area contributed by atoms with Gasteiger partial charge in [0.15, 0.2) is 0 Å². The molecule has 5 aromatic rings. The van der Waals surface area contributed by atoms with E-state index in [1.54, 1.807) is 0 Å². The van der Waals surface area contributed by atoms with Gasteiger partial charge in [-0.2, -0.15) is 0 Å². The first-order chi connectivity index (χ1) is 12.8. The Hall–Kier alpha value is -2.90. The maximum Gasteiger partial charge on any atom is 0.0349 e. The highest BCUT2D eigenvalue weighted by Crippen LogP contribution is 2.31. The van der Waals surface area contributed by atoms with E-state index < -0.39 is 0 Å². The predicted octanol–water partition coefficient (Wildman–Crippen LogP) is 7.77. The zero-order chi connectivity index (χ0) is 17.5. The smallest absolute Gasteiger partial charge is 0.0349 e. The number of rotatable bonds is 2. The average molecular weight is 350 g/mol. The standard InChI is InChI=1S/C25H18S/c1-17(14-22-15-21-7-3-5-9-25(21)26-22)20-13-12-19-11-10-18-6-2-4-8-23(18)24(19)16-20/h2-16H,1H3/b17-14-. The summed E-state index contributed by atoms with van der Waals surface area (Å²) < 4.78 is 1.34. The van der Waals surface area contributed by atoms with Crippen LogP contribution in [0.25, 0.3) is 43.3 Å². The molecule has 0 radical (unpaired) electrons. The Morgan fingerprint density at radius 1 is 0.692 bits per heavy atom. The van der Waals surface area contributed by atoms with Gasteiger partial charge in [0.05, 0.1) is 0 Å². The molecule has 0 saturated heterocycles. The molecule has 0 bridgehead atoms. The quantitative estimate of drug-likeness (QED) is 0.285.